The zero-order chi connectivity index (χ0) is 11.9. The largest absolute Gasteiger partial charge is 0.369 e. The van der Waals surface area contributed by atoms with Crippen molar-refractivity contribution in [2.24, 2.45) is 5.73 Å². The number of hydrogen-bond acceptors (Lipinski definition) is 3. The van der Waals surface area contributed by atoms with Crippen molar-refractivity contribution in [2.45, 2.75) is 52.2 Å². The molecule has 0 heterocycles. The molecule has 0 spiro atoms. The summed E-state index contributed by atoms with van der Waals surface area (Å²) in [5.41, 5.74) is 5.16. The van der Waals surface area contributed by atoms with Crippen LogP contribution in [0.4, 0.5) is 0 Å². The van der Waals surface area contributed by atoms with Crippen LogP contribution < -0.4 is 11.1 Å². The van der Waals surface area contributed by atoms with Gasteiger partial charge in [-0.15, -0.1) is 0 Å². The highest BCUT2D eigenvalue weighted by molar-refractivity contribution is 5.81. The van der Waals surface area contributed by atoms with E-state index in [9.17, 15) is 4.79 Å². The van der Waals surface area contributed by atoms with Crippen molar-refractivity contribution in [3.8, 4) is 0 Å². The van der Waals surface area contributed by atoms with Gasteiger partial charge >= 0.3 is 0 Å². The summed E-state index contributed by atoms with van der Waals surface area (Å²) in [6.45, 7) is 8.69. The standard InChI is InChI=1S/C11H24N2O2/c1-5-6-7-15-9(2)10(14)13-11(3,4)8-12/h9H,5-8,12H2,1-4H3,(H,13,14). The number of nitrogens with two attached hydrogens (primary N) is 1. The van der Waals surface area contributed by atoms with Crippen LogP contribution in [0.15, 0.2) is 0 Å². The first-order valence-electron chi connectivity index (χ1n) is 5.56. The molecular weight excluding hydrogens is 192 g/mol. The Labute approximate surface area is 92.6 Å². The molecule has 15 heavy (non-hydrogen) atoms. The first-order chi connectivity index (χ1) is 6.93. The minimum Gasteiger partial charge on any atom is -0.369 e. The van der Waals surface area contributed by atoms with Gasteiger partial charge in [0.05, 0.1) is 0 Å². The van der Waals surface area contributed by atoms with E-state index in [1.165, 1.54) is 0 Å². The Bertz CT molecular complexity index is 193. The smallest absolute Gasteiger partial charge is 0.249 e. The predicted octanol–water partition coefficient (Wildman–Crippen LogP) is 1.05. The monoisotopic (exact) mass is 216 g/mol. The van der Waals surface area contributed by atoms with Gasteiger partial charge < -0.3 is 15.8 Å². The maximum atomic E-state index is 11.6. The van der Waals surface area contributed by atoms with E-state index in [-0.39, 0.29) is 11.4 Å². The lowest BCUT2D eigenvalue weighted by atomic mass is 10.1. The molecule has 0 aromatic rings. The zero-order valence-corrected chi connectivity index (χ0v) is 10.3. The van der Waals surface area contributed by atoms with E-state index in [2.05, 4.69) is 12.2 Å². The topological polar surface area (TPSA) is 64.3 Å². The molecule has 1 atom stereocenters. The molecule has 0 saturated carbocycles. The van der Waals surface area contributed by atoms with E-state index < -0.39 is 6.10 Å². The number of ether oxygens (including phenoxy) is 1. The summed E-state index contributed by atoms with van der Waals surface area (Å²) in [5.74, 6) is -0.0958. The summed E-state index contributed by atoms with van der Waals surface area (Å²) in [5, 5.41) is 2.84. The normalized spacial score (nSPS) is 13.7. The summed E-state index contributed by atoms with van der Waals surface area (Å²) < 4.78 is 5.38. The van der Waals surface area contributed by atoms with Gasteiger partial charge in [-0.05, 0) is 27.2 Å². The number of amides is 1. The third-order valence-electron chi connectivity index (χ3n) is 2.21. The highest BCUT2D eigenvalue weighted by atomic mass is 16.5. The molecule has 0 rings (SSSR count). The second-order valence-electron chi connectivity index (χ2n) is 4.44. The van der Waals surface area contributed by atoms with E-state index in [0.29, 0.717) is 13.2 Å². The summed E-state index contributed by atoms with van der Waals surface area (Å²) >= 11 is 0. The van der Waals surface area contributed by atoms with Crippen molar-refractivity contribution in [3.63, 3.8) is 0 Å². The lowest BCUT2D eigenvalue weighted by Crippen LogP contribution is -2.52. The first kappa shape index (κ1) is 14.4. The lowest BCUT2D eigenvalue weighted by molar-refractivity contribution is -0.133. The molecule has 0 bridgehead atoms. The molecule has 4 nitrogen and oxygen atoms in total. The molecule has 0 fully saturated rings. The third kappa shape index (κ3) is 6.47. The second-order valence-corrected chi connectivity index (χ2v) is 4.44. The first-order valence-corrected chi connectivity index (χ1v) is 5.56. The van der Waals surface area contributed by atoms with Crippen molar-refractivity contribution in [3.05, 3.63) is 0 Å². The SMILES string of the molecule is CCCCOC(C)C(=O)NC(C)(C)CN. The van der Waals surface area contributed by atoms with Crippen LogP contribution in [0.1, 0.15) is 40.5 Å². The Morgan fingerprint density at radius 1 is 1.53 bits per heavy atom. The van der Waals surface area contributed by atoms with E-state index in [1.807, 2.05) is 13.8 Å². The average molecular weight is 216 g/mol. The van der Waals surface area contributed by atoms with Crippen molar-refractivity contribution in [1.29, 1.82) is 0 Å². The van der Waals surface area contributed by atoms with Crippen LogP contribution in [-0.2, 0) is 9.53 Å². The molecule has 1 amide bonds. The number of unbranched alkanes of at least 4 members (excludes halogenated alkanes) is 1. The maximum absolute atomic E-state index is 11.6. The highest BCUT2D eigenvalue weighted by Crippen LogP contribution is 2.01. The molecule has 1 unspecified atom stereocenters. The van der Waals surface area contributed by atoms with Crippen LogP contribution in [0, 0.1) is 0 Å². The highest BCUT2D eigenvalue weighted by Gasteiger charge is 2.22. The number of carbonyl (C=O) groups is 1. The lowest BCUT2D eigenvalue weighted by Gasteiger charge is -2.26. The molecule has 0 aliphatic rings. The second kappa shape index (κ2) is 6.80. The molecular formula is C11H24N2O2. The van der Waals surface area contributed by atoms with Gasteiger partial charge in [0.1, 0.15) is 6.10 Å². The van der Waals surface area contributed by atoms with E-state index in [4.69, 9.17) is 10.5 Å². The summed E-state index contributed by atoms with van der Waals surface area (Å²) in [4.78, 5) is 11.6. The Hall–Kier alpha value is -0.610. The van der Waals surface area contributed by atoms with Crippen LogP contribution in [0.25, 0.3) is 0 Å². The van der Waals surface area contributed by atoms with Gasteiger partial charge in [-0.3, -0.25) is 4.79 Å². The summed E-state index contributed by atoms with van der Waals surface area (Å²) in [7, 11) is 0. The van der Waals surface area contributed by atoms with Gasteiger partial charge in [0.25, 0.3) is 0 Å². The zero-order valence-electron chi connectivity index (χ0n) is 10.3. The predicted molar refractivity (Wildman–Crippen MR) is 61.6 cm³/mol. The van der Waals surface area contributed by atoms with E-state index in [0.717, 1.165) is 12.8 Å². The molecule has 90 valence electrons. The van der Waals surface area contributed by atoms with Crippen molar-refractivity contribution in [1.82, 2.24) is 5.32 Å². The van der Waals surface area contributed by atoms with Crippen LogP contribution >= 0.6 is 0 Å². The summed E-state index contributed by atoms with van der Waals surface area (Å²) in [6, 6.07) is 0. The molecule has 0 aromatic carbocycles. The Balaban J connectivity index is 3.88. The van der Waals surface area contributed by atoms with Crippen molar-refractivity contribution in [2.75, 3.05) is 13.2 Å². The molecule has 4 heteroatoms. The fourth-order valence-electron chi connectivity index (χ4n) is 0.966. The Morgan fingerprint density at radius 3 is 2.60 bits per heavy atom. The van der Waals surface area contributed by atoms with Gasteiger partial charge in [-0.25, -0.2) is 0 Å². The maximum Gasteiger partial charge on any atom is 0.249 e. The van der Waals surface area contributed by atoms with Crippen LogP contribution in [0.2, 0.25) is 0 Å². The Morgan fingerprint density at radius 2 is 2.13 bits per heavy atom. The minimum absolute atomic E-state index is 0.0958. The number of nitrogens with one attached hydrogen (secondary N) is 1. The van der Waals surface area contributed by atoms with E-state index in [1.54, 1.807) is 6.92 Å². The fraction of sp³-hybridized carbons (Fsp3) is 0.909. The van der Waals surface area contributed by atoms with Crippen LogP contribution in [0.3, 0.4) is 0 Å². The van der Waals surface area contributed by atoms with Gasteiger partial charge in [0.2, 0.25) is 5.91 Å². The van der Waals surface area contributed by atoms with Crippen LogP contribution in [-0.4, -0.2) is 30.7 Å². The number of hydrogen-bond donors (Lipinski definition) is 2. The number of carbonyl (C=O) groups excluding carboxylic acids is 1. The van der Waals surface area contributed by atoms with Gasteiger partial charge in [0, 0.05) is 18.7 Å². The average Bonchev–Trinajstić information content (AvgIpc) is 2.17. The molecule has 0 aromatic heterocycles. The molecule has 3 N–H and O–H groups in total. The molecule has 0 radical (unpaired) electrons. The quantitative estimate of drug-likeness (QED) is 0.625. The Kier molecular flexibility index (Phi) is 6.52. The van der Waals surface area contributed by atoms with Crippen LogP contribution in [0.5, 0.6) is 0 Å². The van der Waals surface area contributed by atoms with Gasteiger partial charge in [-0.1, -0.05) is 13.3 Å². The van der Waals surface area contributed by atoms with E-state index >= 15 is 0 Å². The number of rotatable bonds is 7. The minimum atomic E-state index is -0.401. The third-order valence-corrected chi connectivity index (χ3v) is 2.21. The summed E-state index contributed by atoms with van der Waals surface area (Å²) in [6.07, 6.45) is 1.66. The molecule has 0 aliphatic carbocycles. The van der Waals surface area contributed by atoms with Gasteiger partial charge in [0.15, 0.2) is 0 Å². The molecule has 0 saturated heterocycles. The van der Waals surface area contributed by atoms with Crippen molar-refractivity contribution < 1.29 is 9.53 Å². The fourth-order valence-corrected chi connectivity index (χ4v) is 0.966. The molecule has 0 aliphatic heterocycles. The van der Waals surface area contributed by atoms with Crippen molar-refractivity contribution >= 4 is 5.91 Å². The van der Waals surface area contributed by atoms with Gasteiger partial charge in [-0.2, -0.15) is 0 Å².